The predicted octanol–water partition coefficient (Wildman–Crippen LogP) is 3.66. The lowest BCUT2D eigenvalue weighted by Crippen LogP contribution is -2.22. The van der Waals surface area contributed by atoms with Gasteiger partial charge >= 0.3 is 5.97 Å². The van der Waals surface area contributed by atoms with Gasteiger partial charge in [-0.05, 0) is 24.0 Å². The van der Waals surface area contributed by atoms with Crippen molar-refractivity contribution >= 4 is 34.0 Å². The Morgan fingerprint density at radius 2 is 1.96 bits per heavy atom. The predicted molar refractivity (Wildman–Crippen MR) is 105 cm³/mol. The molecule has 1 amide bonds. The molecule has 2 N–H and O–H groups in total. The van der Waals surface area contributed by atoms with Crippen molar-refractivity contribution in [3.63, 3.8) is 0 Å². The zero-order valence-corrected chi connectivity index (χ0v) is 15.8. The molecule has 0 atom stereocenters. The number of ether oxygens (including phenoxy) is 1. The Kier molecular flexibility index (Phi) is 7.35. The number of hydrogen-bond acceptors (Lipinski definition) is 6. The largest absolute Gasteiger partial charge is 0.451 e. The summed E-state index contributed by atoms with van der Waals surface area (Å²) in [7, 11) is 0. The van der Waals surface area contributed by atoms with Gasteiger partial charge in [0.25, 0.3) is 5.91 Å². The molecule has 0 fully saturated rings. The van der Waals surface area contributed by atoms with E-state index in [-0.39, 0.29) is 18.2 Å². The summed E-state index contributed by atoms with van der Waals surface area (Å²) >= 11 is 1.29. The number of thiazole rings is 1. The minimum atomic E-state index is -0.623. The average Bonchev–Trinajstić information content (AvgIpc) is 3.13. The van der Waals surface area contributed by atoms with E-state index < -0.39 is 5.97 Å². The molecular formula is C19H23N3O3S. The zero-order valence-electron chi connectivity index (χ0n) is 15.0. The third kappa shape index (κ3) is 5.16. The van der Waals surface area contributed by atoms with Crippen LogP contribution in [-0.2, 0) is 22.4 Å². The molecule has 1 aromatic carbocycles. The number of aromatic nitrogens is 1. The minimum Gasteiger partial charge on any atom is -0.451 e. The van der Waals surface area contributed by atoms with Gasteiger partial charge in [-0.2, -0.15) is 0 Å². The van der Waals surface area contributed by atoms with E-state index >= 15 is 0 Å². The molecule has 0 radical (unpaired) electrons. The minimum absolute atomic E-state index is 0.178. The number of rotatable bonds is 9. The van der Waals surface area contributed by atoms with Crippen LogP contribution in [0.15, 0.2) is 36.2 Å². The summed E-state index contributed by atoms with van der Waals surface area (Å²) in [6.07, 6.45) is 3.31. The number of nitrogens with one attached hydrogen (secondary N) is 2. The lowest BCUT2D eigenvalue weighted by Gasteiger charge is -2.14. The number of nitrogens with zero attached hydrogens (tertiary/aromatic N) is 1. The van der Waals surface area contributed by atoms with Crippen LogP contribution in [0.2, 0.25) is 0 Å². The molecule has 0 saturated heterocycles. The zero-order chi connectivity index (χ0) is 18.9. The first kappa shape index (κ1) is 19.7. The van der Waals surface area contributed by atoms with E-state index in [9.17, 15) is 9.59 Å². The molecule has 0 unspecified atom stereocenters. The molecule has 0 spiro atoms. The molecule has 6 nitrogen and oxygen atoms in total. The van der Waals surface area contributed by atoms with Crippen molar-refractivity contribution in [2.75, 3.05) is 23.8 Å². The Hall–Kier alpha value is -2.67. The Morgan fingerprint density at radius 3 is 2.58 bits per heavy atom. The summed E-state index contributed by atoms with van der Waals surface area (Å²) < 4.78 is 5.07. The van der Waals surface area contributed by atoms with Crippen LogP contribution in [0, 0.1) is 0 Å². The second-order valence-electron chi connectivity index (χ2n) is 5.49. The van der Waals surface area contributed by atoms with Gasteiger partial charge in [0, 0.05) is 17.6 Å². The molecule has 0 aliphatic heterocycles. The highest BCUT2D eigenvalue weighted by Gasteiger charge is 2.15. The fourth-order valence-electron chi connectivity index (χ4n) is 2.39. The molecule has 0 aliphatic rings. The second-order valence-corrected chi connectivity index (χ2v) is 6.35. The van der Waals surface area contributed by atoms with Gasteiger partial charge in [0.05, 0.1) is 0 Å². The summed E-state index contributed by atoms with van der Waals surface area (Å²) in [4.78, 5) is 28.3. The molecule has 0 bridgehead atoms. The van der Waals surface area contributed by atoms with Gasteiger partial charge in [-0.25, -0.2) is 9.78 Å². The van der Waals surface area contributed by atoms with Crippen molar-refractivity contribution in [3.05, 3.63) is 53.1 Å². The van der Waals surface area contributed by atoms with E-state index in [1.807, 2.05) is 32.0 Å². The quantitative estimate of drug-likeness (QED) is 0.518. The number of amides is 1. The monoisotopic (exact) mass is 373 g/mol. The van der Waals surface area contributed by atoms with E-state index in [0.717, 1.165) is 29.7 Å². The Bertz CT molecular complexity index is 764. The highest BCUT2D eigenvalue weighted by Crippen LogP contribution is 2.22. The Balaban J connectivity index is 1.93. The first-order chi connectivity index (χ1) is 12.6. The van der Waals surface area contributed by atoms with E-state index in [2.05, 4.69) is 22.2 Å². The summed E-state index contributed by atoms with van der Waals surface area (Å²) in [6.45, 7) is 7.87. The van der Waals surface area contributed by atoms with Crippen LogP contribution in [0.25, 0.3) is 0 Å². The van der Waals surface area contributed by atoms with Crippen molar-refractivity contribution in [1.29, 1.82) is 0 Å². The maximum Gasteiger partial charge on any atom is 0.358 e. The van der Waals surface area contributed by atoms with Gasteiger partial charge in [0.15, 0.2) is 17.4 Å². The highest BCUT2D eigenvalue weighted by molar-refractivity contribution is 7.13. The standard InChI is InChI=1S/C19H23N3O3S/c1-4-10-20-19-21-15(12-26-19)18(24)25-11-16(23)22-17-13(5-2)8-7-9-14(17)6-3/h4,7-9,12H,1,5-6,10-11H2,2-3H3,(H,20,21)(H,22,23). The highest BCUT2D eigenvalue weighted by atomic mass is 32.1. The van der Waals surface area contributed by atoms with Crippen molar-refractivity contribution in [2.24, 2.45) is 0 Å². The Morgan fingerprint density at radius 1 is 1.27 bits per heavy atom. The summed E-state index contributed by atoms with van der Waals surface area (Å²) in [5, 5.41) is 8.05. The smallest absolute Gasteiger partial charge is 0.358 e. The van der Waals surface area contributed by atoms with Crippen molar-refractivity contribution in [1.82, 2.24) is 4.98 Å². The molecule has 7 heteroatoms. The molecule has 26 heavy (non-hydrogen) atoms. The number of esters is 1. The molecular weight excluding hydrogens is 350 g/mol. The van der Waals surface area contributed by atoms with Gasteiger partial charge < -0.3 is 15.4 Å². The molecule has 2 rings (SSSR count). The maximum atomic E-state index is 12.2. The molecule has 1 heterocycles. The number of anilines is 2. The third-order valence-electron chi connectivity index (χ3n) is 3.71. The van der Waals surface area contributed by atoms with Crippen LogP contribution in [0.4, 0.5) is 10.8 Å². The Labute approximate surface area is 157 Å². The van der Waals surface area contributed by atoms with Crippen molar-refractivity contribution in [2.45, 2.75) is 26.7 Å². The summed E-state index contributed by atoms with van der Waals surface area (Å²) in [5.74, 6) is -0.989. The summed E-state index contributed by atoms with van der Waals surface area (Å²) in [6, 6.07) is 5.94. The summed E-state index contributed by atoms with van der Waals surface area (Å²) in [5.41, 5.74) is 3.10. The van der Waals surface area contributed by atoms with Crippen LogP contribution >= 0.6 is 11.3 Å². The average molecular weight is 373 g/mol. The van der Waals surface area contributed by atoms with Gasteiger partial charge in [0.1, 0.15) is 0 Å². The number of carbonyl (C=O) groups is 2. The fourth-order valence-corrected chi connectivity index (χ4v) is 3.08. The first-order valence-electron chi connectivity index (χ1n) is 8.47. The third-order valence-corrected chi connectivity index (χ3v) is 4.51. The van der Waals surface area contributed by atoms with E-state index in [4.69, 9.17) is 4.74 Å². The van der Waals surface area contributed by atoms with Gasteiger partial charge in [0.2, 0.25) is 0 Å². The number of benzene rings is 1. The number of para-hydroxylation sites is 1. The van der Waals surface area contributed by atoms with Crippen LogP contribution in [-0.4, -0.2) is 30.0 Å². The van der Waals surface area contributed by atoms with E-state index in [1.54, 1.807) is 11.5 Å². The molecule has 138 valence electrons. The van der Waals surface area contributed by atoms with Crippen LogP contribution < -0.4 is 10.6 Å². The molecule has 0 saturated carbocycles. The number of hydrogen-bond donors (Lipinski definition) is 2. The van der Waals surface area contributed by atoms with Crippen molar-refractivity contribution in [3.8, 4) is 0 Å². The molecule has 2 aromatic rings. The first-order valence-corrected chi connectivity index (χ1v) is 9.35. The van der Waals surface area contributed by atoms with Gasteiger partial charge in [-0.15, -0.1) is 17.9 Å². The molecule has 1 aromatic heterocycles. The van der Waals surface area contributed by atoms with E-state index in [0.29, 0.717) is 11.7 Å². The van der Waals surface area contributed by atoms with Crippen molar-refractivity contribution < 1.29 is 14.3 Å². The maximum absolute atomic E-state index is 12.2. The van der Waals surface area contributed by atoms with E-state index in [1.165, 1.54) is 11.3 Å². The van der Waals surface area contributed by atoms with Crippen LogP contribution in [0.3, 0.4) is 0 Å². The lowest BCUT2D eigenvalue weighted by atomic mass is 10.0. The van der Waals surface area contributed by atoms with Gasteiger partial charge in [-0.1, -0.05) is 38.1 Å². The molecule has 0 aliphatic carbocycles. The SMILES string of the molecule is C=CCNc1nc(C(=O)OCC(=O)Nc2c(CC)cccc2CC)cs1. The number of carbonyl (C=O) groups excluding carboxylic acids is 2. The second kappa shape index (κ2) is 9.72. The normalized spacial score (nSPS) is 10.2. The number of aryl methyl sites for hydroxylation is 2. The lowest BCUT2D eigenvalue weighted by molar-refractivity contribution is -0.119. The van der Waals surface area contributed by atoms with Crippen LogP contribution in [0.1, 0.15) is 35.5 Å². The topological polar surface area (TPSA) is 80.3 Å². The van der Waals surface area contributed by atoms with Gasteiger partial charge in [-0.3, -0.25) is 4.79 Å². The fraction of sp³-hybridized carbons (Fsp3) is 0.316. The van der Waals surface area contributed by atoms with Crippen LogP contribution in [0.5, 0.6) is 0 Å².